The summed E-state index contributed by atoms with van der Waals surface area (Å²) in [4.78, 5) is 13.7. The van der Waals surface area contributed by atoms with Crippen molar-refractivity contribution in [2.45, 2.75) is 71.6 Å². The van der Waals surface area contributed by atoms with Crippen molar-refractivity contribution in [2.75, 3.05) is 6.54 Å². The average Bonchev–Trinajstić information content (AvgIpc) is 2.97. The fourth-order valence-electron chi connectivity index (χ4n) is 2.60. The molecule has 2 heterocycles. The minimum Gasteiger partial charge on any atom is -0.352 e. The number of amides is 1. The van der Waals surface area contributed by atoms with Crippen LogP contribution in [0.25, 0.3) is 0 Å². The van der Waals surface area contributed by atoms with E-state index in [1.807, 2.05) is 10.9 Å². The van der Waals surface area contributed by atoms with Crippen molar-refractivity contribution >= 4 is 5.91 Å². The van der Waals surface area contributed by atoms with E-state index in [-0.39, 0.29) is 17.5 Å². The van der Waals surface area contributed by atoms with E-state index < -0.39 is 0 Å². The van der Waals surface area contributed by atoms with Crippen LogP contribution in [0, 0.1) is 0 Å². The van der Waals surface area contributed by atoms with Crippen LogP contribution in [0.5, 0.6) is 0 Å². The first kappa shape index (κ1) is 16.0. The number of rotatable bonds is 5. The van der Waals surface area contributed by atoms with Gasteiger partial charge in [-0.2, -0.15) is 5.10 Å². The number of carbonyl (C=O) groups is 1. The molecule has 1 N–H and O–H groups in total. The predicted octanol–water partition coefficient (Wildman–Crippen LogP) is 2.13. The Hall–Kier alpha value is -1.36. The Labute approximate surface area is 127 Å². The minimum atomic E-state index is 0.0142. The molecule has 1 saturated heterocycles. The van der Waals surface area contributed by atoms with Crippen molar-refractivity contribution in [3.8, 4) is 0 Å². The molecule has 1 unspecified atom stereocenters. The van der Waals surface area contributed by atoms with Crippen LogP contribution >= 0.6 is 0 Å². The first-order chi connectivity index (χ1) is 9.75. The smallest absolute Gasteiger partial charge is 0.220 e. The molecule has 0 aromatic carbocycles. The zero-order valence-corrected chi connectivity index (χ0v) is 13.9. The summed E-state index contributed by atoms with van der Waals surface area (Å²) < 4.78 is 2.01. The van der Waals surface area contributed by atoms with Gasteiger partial charge in [0.2, 0.25) is 5.91 Å². The minimum absolute atomic E-state index is 0.0142. The van der Waals surface area contributed by atoms with Gasteiger partial charge in [-0.1, -0.05) is 0 Å². The van der Waals surface area contributed by atoms with Crippen molar-refractivity contribution in [1.29, 1.82) is 0 Å². The zero-order chi connectivity index (χ0) is 15.6. The average molecular weight is 292 g/mol. The molecule has 5 nitrogen and oxygen atoms in total. The van der Waals surface area contributed by atoms with E-state index in [2.05, 4.69) is 56.1 Å². The molecule has 0 bridgehead atoms. The van der Waals surface area contributed by atoms with Crippen molar-refractivity contribution < 1.29 is 4.79 Å². The maximum atomic E-state index is 11.3. The molecule has 0 radical (unpaired) electrons. The first-order valence-corrected chi connectivity index (χ1v) is 7.83. The van der Waals surface area contributed by atoms with Gasteiger partial charge < -0.3 is 5.32 Å². The predicted molar refractivity (Wildman–Crippen MR) is 83.9 cm³/mol. The SMILES string of the molecule is CC(C)N(Cc1cnn(C(C)(C)C)c1)CC1CCC(=O)N1. The second-order valence-electron chi connectivity index (χ2n) is 7.29. The highest BCUT2D eigenvalue weighted by molar-refractivity contribution is 5.78. The number of aromatic nitrogens is 2. The summed E-state index contributed by atoms with van der Waals surface area (Å²) in [5, 5.41) is 7.52. The zero-order valence-electron chi connectivity index (χ0n) is 13.9. The third kappa shape index (κ3) is 4.30. The molecule has 21 heavy (non-hydrogen) atoms. The van der Waals surface area contributed by atoms with Gasteiger partial charge in [0.25, 0.3) is 0 Å². The highest BCUT2D eigenvalue weighted by Crippen LogP contribution is 2.16. The van der Waals surface area contributed by atoms with E-state index in [0.717, 1.165) is 19.5 Å². The lowest BCUT2D eigenvalue weighted by Gasteiger charge is -2.28. The second-order valence-corrected chi connectivity index (χ2v) is 7.29. The summed E-state index contributed by atoms with van der Waals surface area (Å²) in [6, 6.07) is 0.734. The number of nitrogens with one attached hydrogen (secondary N) is 1. The fourth-order valence-corrected chi connectivity index (χ4v) is 2.60. The lowest BCUT2D eigenvalue weighted by molar-refractivity contribution is -0.119. The van der Waals surface area contributed by atoms with Crippen molar-refractivity contribution in [3.63, 3.8) is 0 Å². The molecule has 2 rings (SSSR count). The van der Waals surface area contributed by atoms with Gasteiger partial charge in [-0.25, -0.2) is 0 Å². The molecule has 1 atom stereocenters. The highest BCUT2D eigenvalue weighted by Gasteiger charge is 2.24. The van der Waals surface area contributed by atoms with Crippen LogP contribution in [0.4, 0.5) is 0 Å². The van der Waals surface area contributed by atoms with Crippen LogP contribution in [0.1, 0.15) is 53.0 Å². The molecule has 1 aromatic rings. The van der Waals surface area contributed by atoms with Gasteiger partial charge in [-0.05, 0) is 41.0 Å². The molecule has 0 spiro atoms. The van der Waals surface area contributed by atoms with Gasteiger partial charge in [-0.15, -0.1) is 0 Å². The Balaban J connectivity index is 1.99. The van der Waals surface area contributed by atoms with Crippen molar-refractivity contribution in [3.05, 3.63) is 18.0 Å². The third-order valence-corrected chi connectivity index (χ3v) is 3.98. The summed E-state index contributed by atoms with van der Waals surface area (Å²) in [6.07, 6.45) is 5.69. The van der Waals surface area contributed by atoms with E-state index in [9.17, 15) is 4.79 Å². The summed E-state index contributed by atoms with van der Waals surface area (Å²) in [6.45, 7) is 12.6. The molecule has 0 aliphatic carbocycles. The van der Waals surface area contributed by atoms with Crippen LogP contribution in [0.15, 0.2) is 12.4 Å². The molecule has 1 aliphatic rings. The van der Waals surface area contributed by atoms with Gasteiger partial charge in [-0.3, -0.25) is 14.4 Å². The van der Waals surface area contributed by atoms with E-state index in [1.54, 1.807) is 0 Å². The van der Waals surface area contributed by atoms with Crippen LogP contribution in [-0.2, 0) is 16.9 Å². The fraction of sp³-hybridized carbons (Fsp3) is 0.750. The molecule has 0 saturated carbocycles. The van der Waals surface area contributed by atoms with E-state index in [4.69, 9.17) is 0 Å². The normalized spacial score (nSPS) is 19.6. The van der Waals surface area contributed by atoms with Gasteiger partial charge in [0.15, 0.2) is 0 Å². The number of nitrogens with zero attached hydrogens (tertiary/aromatic N) is 3. The maximum absolute atomic E-state index is 11.3. The molecule has 1 aliphatic heterocycles. The molecule has 5 heteroatoms. The molecular weight excluding hydrogens is 264 g/mol. The summed E-state index contributed by atoms with van der Waals surface area (Å²) in [7, 11) is 0. The molecule has 1 amide bonds. The molecule has 1 aromatic heterocycles. The molecular formula is C16H28N4O. The second kappa shape index (κ2) is 6.18. The van der Waals surface area contributed by atoms with Gasteiger partial charge in [0.05, 0.1) is 11.7 Å². The monoisotopic (exact) mass is 292 g/mol. The Morgan fingerprint density at radius 2 is 2.19 bits per heavy atom. The van der Waals surface area contributed by atoms with E-state index in [0.29, 0.717) is 12.5 Å². The number of hydrogen-bond acceptors (Lipinski definition) is 3. The number of carbonyl (C=O) groups excluding carboxylic acids is 1. The summed E-state index contributed by atoms with van der Waals surface area (Å²) >= 11 is 0. The topological polar surface area (TPSA) is 50.2 Å². The van der Waals surface area contributed by atoms with Crippen molar-refractivity contribution in [1.82, 2.24) is 20.0 Å². The van der Waals surface area contributed by atoms with Gasteiger partial charge in [0.1, 0.15) is 0 Å². The Kier molecular flexibility index (Phi) is 4.71. The van der Waals surface area contributed by atoms with E-state index in [1.165, 1.54) is 5.56 Å². The summed E-state index contributed by atoms with van der Waals surface area (Å²) in [5.41, 5.74) is 1.24. The Morgan fingerprint density at radius 1 is 1.48 bits per heavy atom. The van der Waals surface area contributed by atoms with Crippen LogP contribution in [-0.4, -0.2) is 39.2 Å². The quantitative estimate of drug-likeness (QED) is 0.904. The van der Waals surface area contributed by atoms with Crippen LogP contribution in [0.2, 0.25) is 0 Å². The standard InChI is InChI=1S/C16H28N4O/c1-12(2)19(11-14-6-7-15(21)18-14)9-13-8-17-20(10-13)16(3,4)5/h8,10,12,14H,6-7,9,11H2,1-5H3,(H,18,21). The molecule has 118 valence electrons. The lowest BCUT2D eigenvalue weighted by Crippen LogP contribution is -2.41. The van der Waals surface area contributed by atoms with Gasteiger partial charge in [0, 0.05) is 43.4 Å². The lowest BCUT2D eigenvalue weighted by atomic mass is 10.1. The van der Waals surface area contributed by atoms with E-state index >= 15 is 0 Å². The maximum Gasteiger partial charge on any atom is 0.220 e. The Bertz CT molecular complexity index is 487. The first-order valence-electron chi connectivity index (χ1n) is 7.83. The van der Waals surface area contributed by atoms with Crippen LogP contribution in [0.3, 0.4) is 0 Å². The highest BCUT2D eigenvalue weighted by atomic mass is 16.1. The summed E-state index contributed by atoms with van der Waals surface area (Å²) in [5.74, 6) is 0.184. The third-order valence-electron chi connectivity index (χ3n) is 3.98. The van der Waals surface area contributed by atoms with Crippen LogP contribution < -0.4 is 5.32 Å². The Morgan fingerprint density at radius 3 is 2.67 bits per heavy atom. The number of hydrogen-bond donors (Lipinski definition) is 1. The van der Waals surface area contributed by atoms with Crippen molar-refractivity contribution in [2.24, 2.45) is 0 Å². The largest absolute Gasteiger partial charge is 0.352 e. The molecule has 1 fully saturated rings. The van der Waals surface area contributed by atoms with Gasteiger partial charge >= 0.3 is 0 Å².